The number of phenolic OH excluding ortho intramolecular Hbond substituents is 1. The van der Waals surface area contributed by atoms with Crippen molar-refractivity contribution in [2.75, 3.05) is 7.11 Å². The van der Waals surface area contributed by atoms with E-state index in [0.29, 0.717) is 17.9 Å². The first-order chi connectivity index (χ1) is 13.2. The first-order valence-electron chi connectivity index (χ1n) is 10.6. The van der Waals surface area contributed by atoms with Crippen LogP contribution in [-0.4, -0.2) is 18.0 Å². The van der Waals surface area contributed by atoms with E-state index < -0.39 is 5.79 Å². The van der Waals surface area contributed by atoms with E-state index in [1.54, 1.807) is 7.11 Å². The van der Waals surface area contributed by atoms with E-state index in [1.807, 2.05) is 19.9 Å². The Morgan fingerprint density at radius 1 is 1.11 bits per heavy atom. The Labute approximate surface area is 172 Å². The Hall–Kier alpha value is -1.74. The average molecular weight is 389 g/mol. The number of ether oxygens (including phenoxy) is 2. The molecule has 0 aliphatic carbocycles. The van der Waals surface area contributed by atoms with Crippen LogP contribution in [0.5, 0.6) is 11.5 Å². The van der Waals surface area contributed by atoms with Crippen LogP contribution in [0.2, 0.25) is 0 Å². The van der Waals surface area contributed by atoms with Gasteiger partial charge in [-0.25, -0.2) is 0 Å². The molecule has 0 spiro atoms. The van der Waals surface area contributed by atoms with Crippen LogP contribution in [0.3, 0.4) is 0 Å². The first kappa shape index (κ1) is 24.3. The molecule has 1 aromatic carbocycles. The van der Waals surface area contributed by atoms with Crippen LogP contribution in [0.25, 0.3) is 0 Å². The van der Waals surface area contributed by atoms with Crippen molar-refractivity contribution in [3.63, 3.8) is 0 Å². The van der Waals surface area contributed by atoms with E-state index in [0.717, 1.165) is 36.8 Å². The van der Waals surface area contributed by atoms with Crippen LogP contribution in [0, 0.1) is 0 Å². The monoisotopic (exact) mass is 388 g/mol. The zero-order valence-electron chi connectivity index (χ0n) is 19.0. The number of aryl methyl sites for hydroxylation is 1. The van der Waals surface area contributed by atoms with Gasteiger partial charge in [-0.05, 0) is 70.6 Å². The maximum Gasteiger partial charge on any atom is 0.204 e. The molecule has 28 heavy (non-hydrogen) atoms. The summed E-state index contributed by atoms with van der Waals surface area (Å²) in [6.07, 6.45) is 11.6. The Morgan fingerprint density at radius 3 is 2.43 bits per heavy atom. The molecule has 0 saturated heterocycles. The molecule has 1 N–H and O–H groups in total. The average Bonchev–Trinajstić information content (AvgIpc) is 2.60. The molecule has 0 aromatic heterocycles. The molecule has 1 rings (SSSR count). The number of hydrogen-bond donors (Lipinski definition) is 1. The number of allylic oxidation sites excluding steroid dienone is 4. The molecule has 0 bridgehead atoms. The molecule has 0 unspecified atom stereocenters. The summed E-state index contributed by atoms with van der Waals surface area (Å²) in [7, 11) is 1.64. The Bertz CT molecular complexity index is 665. The van der Waals surface area contributed by atoms with E-state index >= 15 is 0 Å². The second-order valence-electron chi connectivity index (χ2n) is 8.33. The highest BCUT2D eigenvalue weighted by molar-refractivity contribution is 5.49. The third kappa shape index (κ3) is 8.97. The number of benzene rings is 1. The van der Waals surface area contributed by atoms with Crippen molar-refractivity contribution < 1.29 is 14.6 Å². The lowest BCUT2D eigenvalue weighted by Gasteiger charge is -2.26. The summed E-state index contributed by atoms with van der Waals surface area (Å²) in [6, 6.07) is 3.96. The highest BCUT2D eigenvalue weighted by Gasteiger charge is 2.22. The van der Waals surface area contributed by atoms with Gasteiger partial charge in [-0.15, -0.1) is 0 Å². The maximum atomic E-state index is 10.7. The van der Waals surface area contributed by atoms with Crippen LogP contribution in [-0.2, 0) is 17.6 Å². The Morgan fingerprint density at radius 2 is 1.82 bits per heavy atom. The molecular formula is C25H40O3. The minimum Gasteiger partial charge on any atom is -0.508 e. The van der Waals surface area contributed by atoms with E-state index in [2.05, 4.69) is 45.9 Å². The van der Waals surface area contributed by atoms with Crippen LogP contribution in [0.4, 0.5) is 0 Å². The third-order valence-corrected chi connectivity index (χ3v) is 4.91. The van der Waals surface area contributed by atoms with Gasteiger partial charge >= 0.3 is 0 Å². The molecule has 0 aliphatic rings. The summed E-state index contributed by atoms with van der Waals surface area (Å²) in [5, 5.41) is 10.7. The molecule has 0 amide bonds. The molecule has 1 aromatic rings. The van der Waals surface area contributed by atoms with Crippen molar-refractivity contribution in [1.29, 1.82) is 0 Å². The van der Waals surface area contributed by atoms with Crippen LogP contribution in [0.15, 0.2) is 35.4 Å². The van der Waals surface area contributed by atoms with Gasteiger partial charge in [-0.3, -0.25) is 0 Å². The summed E-state index contributed by atoms with van der Waals surface area (Å²) in [5.74, 6) is 0.279. The van der Waals surface area contributed by atoms with E-state index in [9.17, 15) is 5.11 Å². The molecular weight excluding hydrogens is 348 g/mol. The lowest BCUT2D eigenvalue weighted by molar-refractivity contribution is -0.134. The summed E-state index contributed by atoms with van der Waals surface area (Å²) in [5.41, 5.74) is 4.61. The molecule has 3 heteroatoms. The number of methoxy groups -OCH3 is 1. The predicted octanol–water partition coefficient (Wildman–Crippen LogP) is 7.12. The number of hydrogen-bond acceptors (Lipinski definition) is 3. The molecule has 158 valence electrons. The number of aromatic hydroxyl groups is 1. The number of rotatable bonds is 12. The maximum absolute atomic E-state index is 10.7. The van der Waals surface area contributed by atoms with Gasteiger partial charge in [0.25, 0.3) is 0 Å². The van der Waals surface area contributed by atoms with Gasteiger partial charge in [0.15, 0.2) is 0 Å². The highest BCUT2D eigenvalue weighted by atomic mass is 16.7. The SMILES string of the molecule is CCCCCc1cc(O)c(CC=C(C)CCC=C(C)C)c(OC(C)(C)OC)c1. The fourth-order valence-corrected chi connectivity index (χ4v) is 2.98. The molecule has 0 saturated carbocycles. The minimum absolute atomic E-state index is 0.309. The summed E-state index contributed by atoms with van der Waals surface area (Å²) >= 11 is 0. The quantitative estimate of drug-likeness (QED) is 0.235. The van der Waals surface area contributed by atoms with Crippen molar-refractivity contribution in [1.82, 2.24) is 0 Å². The van der Waals surface area contributed by atoms with Gasteiger partial charge in [-0.2, -0.15) is 0 Å². The van der Waals surface area contributed by atoms with Gasteiger partial charge in [-0.1, -0.05) is 43.1 Å². The summed E-state index contributed by atoms with van der Waals surface area (Å²) in [6.45, 7) is 12.4. The summed E-state index contributed by atoms with van der Waals surface area (Å²) in [4.78, 5) is 0. The van der Waals surface area contributed by atoms with Gasteiger partial charge in [0.05, 0.1) is 0 Å². The van der Waals surface area contributed by atoms with E-state index in [-0.39, 0.29) is 0 Å². The van der Waals surface area contributed by atoms with Gasteiger partial charge in [0, 0.05) is 26.5 Å². The van der Waals surface area contributed by atoms with Gasteiger partial charge in [0.2, 0.25) is 5.79 Å². The van der Waals surface area contributed by atoms with E-state index in [1.165, 1.54) is 24.0 Å². The standard InChI is InChI=1S/C25H40O3/c1-8-9-10-14-21-17-23(26)22(24(18-21)28-25(5,6)27-7)16-15-20(4)13-11-12-19(2)3/h12,15,17-18,26H,8-11,13-14,16H2,1-7H3. The Kier molecular flexibility index (Phi) is 10.4. The lowest BCUT2D eigenvalue weighted by atomic mass is 10.00. The minimum atomic E-state index is -0.745. The fraction of sp³-hybridized carbons (Fsp3) is 0.600. The molecule has 0 aliphatic heterocycles. The Balaban J connectivity index is 3.04. The first-order valence-corrected chi connectivity index (χ1v) is 10.6. The van der Waals surface area contributed by atoms with E-state index in [4.69, 9.17) is 9.47 Å². The van der Waals surface area contributed by atoms with Crippen molar-refractivity contribution >= 4 is 0 Å². The molecule has 0 fully saturated rings. The zero-order chi connectivity index (χ0) is 21.2. The largest absolute Gasteiger partial charge is 0.508 e. The van der Waals surface area contributed by atoms with Crippen molar-refractivity contribution in [2.24, 2.45) is 0 Å². The number of unbranched alkanes of at least 4 members (excludes halogenated alkanes) is 2. The van der Waals surface area contributed by atoms with Crippen molar-refractivity contribution in [2.45, 2.75) is 92.3 Å². The zero-order valence-corrected chi connectivity index (χ0v) is 19.0. The number of phenols is 1. The van der Waals surface area contributed by atoms with Crippen LogP contribution in [0.1, 0.15) is 84.8 Å². The molecule has 0 atom stereocenters. The second-order valence-corrected chi connectivity index (χ2v) is 8.33. The lowest BCUT2D eigenvalue weighted by Crippen LogP contribution is -2.30. The van der Waals surface area contributed by atoms with Crippen LogP contribution < -0.4 is 4.74 Å². The topological polar surface area (TPSA) is 38.7 Å². The van der Waals surface area contributed by atoms with Crippen molar-refractivity contribution in [3.8, 4) is 11.5 Å². The summed E-state index contributed by atoms with van der Waals surface area (Å²) < 4.78 is 11.6. The molecule has 0 heterocycles. The van der Waals surface area contributed by atoms with Gasteiger partial charge < -0.3 is 14.6 Å². The van der Waals surface area contributed by atoms with Crippen molar-refractivity contribution in [3.05, 3.63) is 46.6 Å². The smallest absolute Gasteiger partial charge is 0.204 e. The molecule has 0 radical (unpaired) electrons. The second kappa shape index (κ2) is 12.0. The third-order valence-electron chi connectivity index (χ3n) is 4.91. The van der Waals surface area contributed by atoms with Gasteiger partial charge in [0.1, 0.15) is 11.5 Å². The predicted molar refractivity (Wildman–Crippen MR) is 119 cm³/mol. The normalized spacial score (nSPS) is 12.2. The van der Waals surface area contributed by atoms with Crippen LogP contribution >= 0.6 is 0 Å². The molecule has 3 nitrogen and oxygen atoms in total. The fourth-order valence-electron chi connectivity index (χ4n) is 2.98. The highest BCUT2D eigenvalue weighted by Crippen LogP contribution is 2.34.